The summed E-state index contributed by atoms with van der Waals surface area (Å²) in [7, 11) is 0. The molecule has 0 atom stereocenters. The van der Waals surface area contributed by atoms with Crippen molar-refractivity contribution in [3.8, 4) is 0 Å². The Bertz CT molecular complexity index is 390. The van der Waals surface area contributed by atoms with Gasteiger partial charge in [-0.1, -0.05) is 25.1 Å². The van der Waals surface area contributed by atoms with Crippen molar-refractivity contribution < 1.29 is 4.79 Å². The molecule has 4 heteroatoms. The number of nitrogens with two attached hydrogens (primary N) is 1. The Hall–Kier alpha value is -1.97. The second-order valence-corrected chi connectivity index (χ2v) is 4.20. The highest BCUT2D eigenvalue weighted by molar-refractivity contribution is 5.67. The monoisotopic (exact) mass is 247 g/mol. The molecule has 0 saturated carbocycles. The van der Waals surface area contributed by atoms with Gasteiger partial charge in [0.15, 0.2) is 0 Å². The summed E-state index contributed by atoms with van der Waals surface area (Å²) in [5.41, 5.74) is 8.44. The van der Waals surface area contributed by atoms with E-state index in [2.05, 4.69) is 17.2 Å². The van der Waals surface area contributed by atoms with Crippen molar-refractivity contribution in [2.24, 2.45) is 0 Å². The van der Waals surface area contributed by atoms with Crippen molar-refractivity contribution in [3.05, 3.63) is 36.5 Å². The maximum absolute atomic E-state index is 10.0. The number of benzene rings is 1. The number of rotatable bonds is 9. The lowest BCUT2D eigenvalue weighted by Crippen LogP contribution is -2.11. The molecule has 98 valence electrons. The molecule has 1 aromatic rings. The smallest absolute Gasteiger partial charge is 0.207 e. The van der Waals surface area contributed by atoms with E-state index in [9.17, 15) is 4.79 Å². The highest BCUT2D eigenvalue weighted by Crippen LogP contribution is 2.20. The van der Waals surface area contributed by atoms with Crippen LogP contribution in [-0.2, 0) is 4.79 Å². The van der Waals surface area contributed by atoms with E-state index in [4.69, 9.17) is 5.73 Å². The zero-order valence-corrected chi connectivity index (χ0v) is 10.6. The van der Waals surface area contributed by atoms with E-state index in [0.717, 1.165) is 55.7 Å². The molecule has 0 radical (unpaired) electrons. The first-order valence-electron chi connectivity index (χ1n) is 6.20. The van der Waals surface area contributed by atoms with E-state index in [1.807, 2.05) is 24.3 Å². The predicted octanol–water partition coefficient (Wildman–Crippen LogP) is 2.50. The van der Waals surface area contributed by atoms with Crippen LogP contribution < -0.4 is 16.4 Å². The van der Waals surface area contributed by atoms with Crippen LogP contribution in [0, 0.1) is 0 Å². The fraction of sp³-hybridized carbons (Fsp3) is 0.357. The van der Waals surface area contributed by atoms with Gasteiger partial charge in [-0.2, -0.15) is 0 Å². The van der Waals surface area contributed by atoms with Gasteiger partial charge in [-0.15, -0.1) is 0 Å². The Kier molecular flexibility index (Phi) is 6.40. The maximum atomic E-state index is 10.0. The topological polar surface area (TPSA) is 67.2 Å². The highest BCUT2D eigenvalue weighted by atomic mass is 16.1. The molecular formula is C14H21N3O. The molecule has 0 bridgehead atoms. The third-order valence-corrected chi connectivity index (χ3v) is 2.66. The average Bonchev–Trinajstić information content (AvgIpc) is 2.36. The Labute approximate surface area is 108 Å². The second kappa shape index (κ2) is 8.17. The zero-order valence-electron chi connectivity index (χ0n) is 10.6. The maximum Gasteiger partial charge on any atom is 0.207 e. The summed E-state index contributed by atoms with van der Waals surface area (Å²) in [5, 5.41) is 5.87. The first kappa shape index (κ1) is 14.1. The fourth-order valence-electron chi connectivity index (χ4n) is 1.66. The minimum Gasteiger partial charge on any atom is -0.397 e. The number of para-hydroxylation sites is 2. The SMILES string of the molecule is C=C(CCCCCNC=O)Nc1ccccc1N. The van der Waals surface area contributed by atoms with E-state index in [1.165, 1.54) is 0 Å². The van der Waals surface area contributed by atoms with Crippen molar-refractivity contribution in [2.75, 3.05) is 17.6 Å². The summed E-state index contributed by atoms with van der Waals surface area (Å²) in [6.45, 7) is 4.73. The van der Waals surface area contributed by atoms with Crippen molar-refractivity contribution in [3.63, 3.8) is 0 Å². The summed E-state index contributed by atoms with van der Waals surface area (Å²) in [6, 6.07) is 7.65. The number of allylic oxidation sites excluding steroid dienone is 1. The molecule has 0 aromatic heterocycles. The summed E-state index contributed by atoms with van der Waals surface area (Å²) in [5.74, 6) is 0. The van der Waals surface area contributed by atoms with Gasteiger partial charge >= 0.3 is 0 Å². The largest absolute Gasteiger partial charge is 0.397 e. The van der Waals surface area contributed by atoms with Crippen LogP contribution in [0.4, 0.5) is 11.4 Å². The van der Waals surface area contributed by atoms with E-state index < -0.39 is 0 Å². The lowest BCUT2D eigenvalue weighted by Gasteiger charge is -2.11. The molecular weight excluding hydrogens is 226 g/mol. The Morgan fingerprint density at radius 3 is 2.78 bits per heavy atom. The average molecular weight is 247 g/mol. The van der Waals surface area contributed by atoms with Gasteiger partial charge in [-0.3, -0.25) is 4.79 Å². The van der Waals surface area contributed by atoms with Crippen LogP contribution >= 0.6 is 0 Å². The number of carbonyl (C=O) groups excluding carboxylic acids is 1. The standard InChI is InChI=1S/C14H21N3O/c1-12(7-3-2-6-10-16-11-18)17-14-9-5-4-8-13(14)15/h4-5,8-9,11,17H,1-3,6-7,10,15H2,(H,16,18). The summed E-state index contributed by atoms with van der Waals surface area (Å²) in [4.78, 5) is 10.0. The van der Waals surface area contributed by atoms with Crippen LogP contribution in [-0.4, -0.2) is 13.0 Å². The molecule has 0 aliphatic heterocycles. The van der Waals surface area contributed by atoms with Gasteiger partial charge in [-0.25, -0.2) is 0 Å². The van der Waals surface area contributed by atoms with Crippen LogP contribution in [0.25, 0.3) is 0 Å². The lowest BCUT2D eigenvalue weighted by molar-refractivity contribution is -0.109. The molecule has 4 nitrogen and oxygen atoms in total. The fourth-order valence-corrected chi connectivity index (χ4v) is 1.66. The minimum absolute atomic E-state index is 0.730. The zero-order chi connectivity index (χ0) is 13.2. The van der Waals surface area contributed by atoms with Crippen molar-refractivity contribution >= 4 is 17.8 Å². The van der Waals surface area contributed by atoms with Gasteiger partial charge in [-0.05, 0) is 31.4 Å². The molecule has 0 saturated heterocycles. The molecule has 0 heterocycles. The number of nitrogens with one attached hydrogen (secondary N) is 2. The van der Waals surface area contributed by atoms with Crippen LogP contribution in [0.2, 0.25) is 0 Å². The van der Waals surface area contributed by atoms with Crippen LogP contribution in [0.3, 0.4) is 0 Å². The van der Waals surface area contributed by atoms with E-state index in [-0.39, 0.29) is 0 Å². The Balaban J connectivity index is 2.18. The number of amides is 1. The third-order valence-electron chi connectivity index (χ3n) is 2.66. The molecule has 0 spiro atoms. The van der Waals surface area contributed by atoms with E-state index >= 15 is 0 Å². The molecule has 1 rings (SSSR count). The van der Waals surface area contributed by atoms with Gasteiger partial charge in [0.25, 0.3) is 0 Å². The minimum atomic E-state index is 0.730. The molecule has 0 aliphatic carbocycles. The normalized spacial score (nSPS) is 9.78. The van der Waals surface area contributed by atoms with E-state index in [0.29, 0.717) is 0 Å². The van der Waals surface area contributed by atoms with Crippen molar-refractivity contribution in [1.29, 1.82) is 0 Å². The van der Waals surface area contributed by atoms with Crippen LogP contribution in [0.15, 0.2) is 36.5 Å². The van der Waals surface area contributed by atoms with Gasteiger partial charge in [0.1, 0.15) is 0 Å². The lowest BCUT2D eigenvalue weighted by atomic mass is 10.1. The molecule has 0 aliphatic rings. The number of hydrogen-bond acceptors (Lipinski definition) is 3. The van der Waals surface area contributed by atoms with Gasteiger partial charge in [0.2, 0.25) is 6.41 Å². The predicted molar refractivity (Wildman–Crippen MR) is 76.2 cm³/mol. The van der Waals surface area contributed by atoms with Crippen molar-refractivity contribution in [1.82, 2.24) is 5.32 Å². The Morgan fingerprint density at radius 2 is 2.06 bits per heavy atom. The number of hydrogen-bond donors (Lipinski definition) is 3. The first-order valence-corrected chi connectivity index (χ1v) is 6.20. The van der Waals surface area contributed by atoms with Gasteiger partial charge < -0.3 is 16.4 Å². The summed E-state index contributed by atoms with van der Waals surface area (Å²) >= 11 is 0. The number of unbranched alkanes of at least 4 members (excludes halogenated alkanes) is 2. The molecule has 1 aromatic carbocycles. The highest BCUT2D eigenvalue weighted by Gasteiger charge is 1.99. The number of anilines is 2. The molecule has 1 amide bonds. The molecule has 0 unspecified atom stereocenters. The summed E-state index contributed by atoms with van der Waals surface area (Å²) < 4.78 is 0. The molecule has 0 fully saturated rings. The summed E-state index contributed by atoms with van der Waals surface area (Å²) in [6.07, 6.45) is 4.78. The van der Waals surface area contributed by atoms with E-state index in [1.54, 1.807) is 0 Å². The van der Waals surface area contributed by atoms with Gasteiger partial charge in [0, 0.05) is 12.2 Å². The molecule has 18 heavy (non-hydrogen) atoms. The quantitative estimate of drug-likeness (QED) is 0.357. The third kappa shape index (κ3) is 5.39. The van der Waals surface area contributed by atoms with Crippen LogP contribution in [0.1, 0.15) is 25.7 Å². The number of nitrogen functional groups attached to an aromatic ring is 1. The van der Waals surface area contributed by atoms with Crippen molar-refractivity contribution in [2.45, 2.75) is 25.7 Å². The molecule has 4 N–H and O–H groups in total. The van der Waals surface area contributed by atoms with Gasteiger partial charge in [0.05, 0.1) is 11.4 Å². The number of carbonyl (C=O) groups is 1. The first-order chi connectivity index (χ1) is 8.74. The van der Waals surface area contributed by atoms with Crippen LogP contribution in [0.5, 0.6) is 0 Å². The second-order valence-electron chi connectivity index (χ2n) is 4.20. The Morgan fingerprint density at radius 1 is 1.28 bits per heavy atom.